The molecule has 5 nitrogen and oxygen atoms in total. The molecule has 0 fully saturated rings. The molecule has 0 atom stereocenters. The minimum atomic E-state index is -0.453. The summed E-state index contributed by atoms with van der Waals surface area (Å²) in [5.41, 5.74) is 0.836. The van der Waals surface area contributed by atoms with Gasteiger partial charge in [-0.25, -0.2) is 0 Å². The summed E-state index contributed by atoms with van der Waals surface area (Å²) in [7, 11) is 0. The molecular weight excluding hydrogens is 288 g/mol. The van der Waals surface area contributed by atoms with Gasteiger partial charge in [0, 0.05) is 10.5 Å². The van der Waals surface area contributed by atoms with E-state index in [1.165, 1.54) is 12.1 Å². The Balaban J connectivity index is 2.20. The Morgan fingerprint density at radius 2 is 2.24 bits per heavy atom. The second-order valence-corrected chi connectivity index (χ2v) is 4.36. The van der Waals surface area contributed by atoms with E-state index in [1.54, 1.807) is 19.1 Å². The Morgan fingerprint density at radius 1 is 1.47 bits per heavy atom. The van der Waals surface area contributed by atoms with Crippen molar-refractivity contribution in [2.45, 2.75) is 6.92 Å². The number of carbonyl (C=O) groups excluding carboxylic acids is 1. The number of rotatable bonds is 2. The maximum Gasteiger partial charge on any atom is 0.261 e. The van der Waals surface area contributed by atoms with Gasteiger partial charge < -0.3 is 9.63 Å². The van der Waals surface area contributed by atoms with Crippen molar-refractivity contribution in [2.75, 3.05) is 5.32 Å². The second kappa shape index (κ2) is 4.58. The molecule has 0 bridgehead atoms. The molecule has 88 valence electrons. The highest BCUT2D eigenvalue weighted by Crippen LogP contribution is 2.23. The van der Waals surface area contributed by atoms with E-state index in [2.05, 4.69) is 26.4 Å². The van der Waals surface area contributed by atoms with Crippen LogP contribution in [0.15, 0.2) is 33.3 Å². The number of hydrogen-bond acceptors (Lipinski definition) is 4. The zero-order valence-corrected chi connectivity index (χ0v) is 10.5. The van der Waals surface area contributed by atoms with Crippen LogP contribution in [0.2, 0.25) is 0 Å². The SMILES string of the molecule is Cc1cc(NC(=O)c2ccc(Br)cc2O)on1. The highest BCUT2D eigenvalue weighted by atomic mass is 79.9. The van der Waals surface area contributed by atoms with Crippen molar-refractivity contribution in [3.8, 4) is 5.75 Å². The van der Waals surface area contributed by atoms with Gasteiger partial charge in [0.05, 0.1) is 11.3 Å². The predicted octanol–water partition coefficient (Wildman–Crippen LogP) is 2.70. The Morgan fingerprint density at radius 3 is 2.82 bits per heavy atom. The molecule has 0 spiro atoms. The van der Waals surface area contributed by atoms with E-state index < -0.39 is 5.91 Å². The number of halogens is 1. The van der Waals surface area contributed by atoms with Crippen LogP contribution in [0.5, 0.6) is 5.75 Å². The van der Waals surface area contributed by atoms with Crippen molar-refractivity contribution in [3.63, 3.8) is 0 Å². The molecule has 2 N–H and O–H groups in total. The second-order valence-electron chi connectivity index (χ2n) is 3.45. The van der Waals surface area contributed by atoms with E-state index in [0.29, 0.717) is 10.2 Å². The number of carbonyl (C=O) groups is 1. The summed E-state index contributed by atoms with van der Waals surface area (Å²) < 4.78 is 5.54. The first-order valence-corrected chi connectivity index (χ1v) is 5.59. The molecule has 0 radical (unpaired) electrons. The number of phenolic OH excluding ortho intramolecular Hbond substituents is 1. The average Bonchev–Trinajstić information content (AvgIpc) is 2.63. The van der Waals surface area contributed by atoms with Gasteiger partial charge in [-0.15, -0.1) is 0 Å². The highest BCUT2D eigenvalue weighted by molar-refractivity contribution is 9.10. The zero-order valence-electron chi connectivity index (χ0n) is 8.90. The van der Waals surface area contributed by atoms with Gasteiger partial charge in [0.15, 0.2) is 0 Å². The summed E-state index contributed by atoms with van der Waals surface area (Å²) in [6.07, 6.45) is 0. The molecule has 0 aliphatic heterocycles. The van der Waals surface area contributed by atoms with Gasteiger partial charge in [0.1, 0.15) is 5.75 Å². The van der Waals surface area contributed by atoms with E-state index in [4.69, 9.17) is 4.52 Å². The van der Waals surface area contributed by atoms with Crippen LogP contribution in [0.1, 0.15) is 16.1 Å². The van der Waals surface area contributed by atoms with Crippen molar-refractivity contribution in [1.82, 2.24) is 5.16 Å². The molecule has 2 rings (SSSR count). The van der Waals surface area contributed by atoms with Crippen molar-refractivity contribution < 1.29 is 14.4 Å². The predicted molar refractivity (Wildman–Crippen MR) is 65.0 cm³/mol. The lowest BCUT2D eigenvalue weighted by atomic mass is 10.2. The van der Waals surface area contributed by atoms with Crippen molar-refractivity contribution >= 4 is 27.7 Å². The molecule has 0 aliphatic rings. The molecule has 0 unspecified atom stereocenters. The highest BCUT2D eigenvalue weighted by Gasteiger charge is 2.13. The first-order chi connectivity index (χ1) is 8.06. The van der Waals surface area contributed by atoms with Crippen molar-refractivity contribution in [1.29, 1.82) is 0 Å². The number of benzene rings is 1. The Bertz CT molecular complexity index is 566. The monoisotopic (exact) mass is 296 g/mol. The van der Waals surface area contributed by atoms with Crippen LogP contribution in [0.4, 0.5) is 5.88 Å². The number of aromatic hydroxyl groups is 1. The third kappa shape index (κ3) is 2.65. The molecule has 17 heavy (non-hydrogen) atoms. The smallest absolute Gasteiger partial charge is 0.261 e. The fourth-order valence-electron chi connectivity index (χ4n) is 1.30. The Kier molecular flexibility index (Phi) is 3.14. The number of nitrogens with one attached hydrogen (secondary N) is 1. The van der Waals surface area contributed by atoms with Crippen molar-refractivity contribution in [3.05, 3.63) is 40.0 Å². The normalized spacial score (nSPS) is 10.2. The van der Waals surface area contributed by atoms with Crippen molar-refractivity contribution in [2.24, 2.45) is 0 Å². The zero-order chi connectivity index (χ0) is 12.4. The largest absolute Gasteiger partial charge is 0.507 e. The maximum absolute atomic E-state index is 11.8. The number of nitrogens with zero attached hydrogens (tertiary/aromatic N) is 1. The molecule has 0 aliphatic carbocycles. The molecular formula is C11H9BrN2O3. The molecule has 1 aromatic carbocycles. The van der Waals surface area contributed by atoms with E-state index in [-0.39, 0.29) is 17.2 Å². The standard InChI is InChI=1S/C11H9BrN2O3/c1-6-4-10(17-14-6)13-11(16)8-3-2-7(12)5-9(8)15/h2-5,15H,1H3,(H,13,16). The van der Waals surface area contributed by atoms with Crippen LogP contribution in [-0.2, 0) is 0 Å². The molecule has 1 heterocycles. The third-order valence-corrected chi connectivity index (χ3v) is 2.56. The lowest BCUT2D eigenvalue weighted by Crippen LogP contribution is -2.11. The van der Waals surface area contributed by atoms with Crippen LogP contribution < -0.4 is 5.32 Å². The summed E-state index contributed by atoms with van der Waals surface area (Å²) in [6.45, 7) is 1.75. The molecule has 2 aromatic rings. The number of phenols is 1. The summed E-state index contributed by atoms with van der Waals surface area (Å²) in [4.78, 5) is 11.8. The average molecular weight is 297 g/mol. The lowest BCUT2D eigenvalue weighted by Gasteiger charge is -2.03. The van der Waals surface area contributed by atoms with E-state index >= 15 is 0 Å². The summed E-state index contributed by atoms with van der Waals surface area (Å²) in [6, 6.07) is 6.21. The van der Waals surface area contributed by atoms with E-state index in [0.717, 1.165) is 0 Å². The number of amides is 1. The fraction of sp³-hybridized carbons (Fsp3) is 0.0909. The molecule has 0 saturated heterocycles. The summed E-state index contributed by atoms with van der Waals surface area (Å²) in [5, 5.41) is 15.7. The lowest BCUT2D eigenvalue weighted by molar-refractivity contribution is 0.102. The minimum absolute atomic E-state index is 0.104. The Hall–Kier alpha value is -1.82. The van der Waals surface area contributed by atoms with Gasteiger partial charge in [-0.3, -0.25) is 10.1 Å². The summed E-state index contributed by atoms with van der Waals surface area (Å²) >= 11 is 3.20. The summed E-state index contributed by atoms with van der Waals surface area (Å²) in [5.74, 6) is -0.311. The minimum Gasteiger partial charge on any atom is -0.507 e. The van der Waals surface area contributed by atoms with Crippen LogP contribution in [0.3, 0.4) is 0 Å². The van der Waals surface area contributed by atoms with Crippen LogP contribution >= 0.6 is 15.9 Å². The van der Waals surface area contributed by atoms with E-state index in [9.17, 15) is 9.90 Å². The van der Waals surface area contributed by atoms with E-state index in [1.807, 2.05) is 0 Å². The molecule has 6 heteroatoms. The quantitative estimate of drug-likeness (QED) is 0.893. The molecule has 0 saturated carbocycles. The maximum atomic E-state index is 11.8. The number of aromatic nitrogens is 1. The van der Waals surface area contributed by atoms with Gasteiger partial charge in [0.25, 0.3) is 5.91 Å². The topological polar surface area (TPSA) is 75.4 Å². The van der Waals surface area contributed by atoms with Gasteiger partial charge in [-0.05, 0) is 25.1 Å². The molecule has 1 aromatic heterocycles. The van der Waals surface area contributed by atoms with Crippen LogP contribution in [0.25, 0.3) is 0 Å². The van der Waals surface area contributed by atoms with Crippen LogP contribution in [-0.4, -0.2) is 16.2 Å². The van der Waals surface area contributed by atoms with Gasteiger partial charge >= 0.3 is 0 Å². The Labute approximate surface area is 106 Å². The number of aryl methyl sites for hydroxylation is 1. The first kappa shape index (κ1) is 11.7. The fourth-order valence-corrected chi connectivity index (χ4v) is 1.65. The number of anilines is 1. The van der Waals surface area contributed by atoms with Gasteiger partial charge in [0.2, 0.25) is 5.88 Å². The first-order valence-electron chi connectivity index (χ1n) is 4.79. The van der Waals surface area contributed by atoms with Gasteiger partial charge in [-0.2, -0.15) is 0 Å². The third-order valence-electron chi connectivity index (χ3n) is 2.07. The number of hydrogen-bond donors (Lipinski definition) is 2. The van der Waals surface area contributed by atoms with Gasteiger partial charge in [-0.1, -0.05) is 21.1 Å². The molecule has 1 amide bonds. The van der Waals surface area contributed by atoms with Crippen LogP contribution in [0, 0.1) is 6.92 Å².